The number of aromatic nitrogens is 3. The summed E-state index contributed by atoms with van der Waals surface area (Å²) in [5, 5.41) is 5.03. The van der Waals surface area contributed by atoms with Crippen LogP contribution in [0.2, 0.25) is 0 Å². The number of nitrogens with zero attached hydrogens (tertiary/aromatic N) is 3. The summed E-state index contributed by atoms with van der Waals surface area (Å²) in [6.45, 7) is 5.75. The van der Waals surface area contributed by atoms with Crippen LogP contribution in [0.15, 0.2) is 29.1 Å². The zero-order chi connectivity index (χ0) is 17.3. The van der Waals surface area contributed by atoms with Gasteiger partial charge in [-0.2, -0.15) is 9.61 Å². The highest BCUT2D eigenvalue weighted by Crippen LogP contribution is 2.15. The Balaban J connectivity index is 1.81. The van der Waals surface area contributed by atoms with Crippen molar-refractivity contribution < 1.29 is 9.53 Å². The molecule has 0 saturated carbocycles. The third kappa shape index (κ3) is 3.07. The first-order chi connectivity index (χ1) is 11.5. The molecule has 2 aromatic heterocycles. The molecule has 3 rings (SSSR count). The number of rotatable bonds is 4. The molecular weight excluding hydrogens is 326 g/mol. The van der Waals surface area contributed by atoms with Gasteiger partial charge in [-0.25, -0.2) is 9.78 Å². The lowest BCUT2D eigenvalue weighted by atomic mass is 10.0. The second kappa shape index (κ2) is 6.52. The van der Waals surface area contributed by atoms with Crippen LogP contribution >= 0.6 is 11.3 Å². The topological polar surface area (TPSA) is 73.6 Å². The van der Waals surface area contributed by atoms with Crippen LogP contribution in [0.5, 0.6) is 0 Å². The minimum Gasteiger partial charge on any atom is -0.456 e. The van der Waals surface area contributed by atoms with E-state index in [1.807, 2.05) is 32.9 Å². The number of hydrogen-bond acceptors (Lipinski definition) is 6. The van der Waals surface area contributed by atoms with Crippen LogP contribution in [0.25, 0.3) is 4.96 Å². The Morgan fingerprint density at radius 3 is 2.88 bits per heavy atom. The van der Waals surface area contributed by atoms with E-state index in [0.717, 1.165) is 22.6 Å². The van der Waals surface area contributed by atoms with E-state index in [1.54, 1.807) is 6.07 Å². The first-order valence-electron chi connectivity index (χ1n) is 7.61. The fourth-order valence-corrected chi connectivity index (χ4v) is 3.16. The number of ether oxygens (including phenoxy) is 1. The van der Waals surface area contributed by atoms with Gasteiger partial charge >= 0.3 is 5.97 Å². The zero-order valence-corrected chi connectivity index (χ0v) is 14.5. The van der Waals surface area contributed by atoms with Crippen LogP contribution < -0.4 is 5.56 Å². The van der Waals surface area contributed by atoms with Crippen LogP contribution in [-0.4, -0.2) is 20.6 Å². The molecule has 0 radical (unpaired) electrons. The molecule has 2 heterocycles. The average Bonchev–Trinajstić information content (AvgIpc) is 2.99. The summed E-state index contributed by atoms with van der Waals surface area (Å²) in [6, 6.07) is 6.84. The number of fused-ring (bicyclic) bond motifs is 1. The molecule has 0 bridgehead atoms. The Hall–Kier alpha value is -2.54. The van der Waals surface area contributed by atoms with Crippen molar-refractivity contribution in [3.05, 3.63) is 62.0 Å². The van der Waals surface area contributed by atoms with Crippen molar-refractivity contribution >= 4 is 22.3 Å². The Kier molecular flexibility index (Phi) is 4.44. The highest BCUT2D eigenvalue weighted by atomic mass is 32.1. The van der Waals surface area contributed by atoms with Crippen LogP contribution in [-0.2, 0) is 17.8 Å². The number of esters is 1. The summed E-state index contributed by atoms with van der Waals surface area (Å²) in [6.07, 6.45) is 0.740. The Morgan fingerprint density at radius 1 is 1.33 bits per heavy atom. The molecule has 124 valence electrons. The molecule has 6 nitrogen and oxygen atoms in total. The van der Waals surface area contributed by atoms with Crippen molar-refractivity contribution in [2.24, 2.45) is 0 Å². The minimum atomic E-state index is -0.420. The largest absolute Gasteiger partial charge is 0.456 e. The number of hydrogen-bond donors (Lipinski definition) is 0. The van der Waals surface area contributed by atoms with E-state index in [2.05, 4.69) is 10.1 Å². The van der Waals surface area contributed by atoms with E-state index in [0.29, 0.717) is 16.2 Å². The van der Waals surface area contributed by atoms with E-state index in [4.69, 9.17) is 4.74 Å². The van der Waals surface area contributed by atoms with E-state index in [1.165, 1.54) is 21.9 Å². The summed E-state index contributed by atoms with van der Waals surface area (Å²) in [5.74, 6) is -0.420. The molecule has 0 spiro atoms. The second-order valence-electron chi connectivity index (χ2n) is 5.45. The highest BCUT2D eigenvalue weighted by Gasteiger charge is 2.13. The predicted octanol–water partition coefficient (Wildman–Crippen LogP) is 2.69. The molecule has 0 atom stereocenters. The van der Waals surface area contributed by atoms with Gasteiger partial charge < -0.3 is 4.74 Å². The van der Waals surface area contributed by atoms with Gasteiger partial charge in [0.1, 0.15) is 11.6 Å². The third-order valence-electron chi connectivity index (χ3n) is 3.82. The predicted molar refractivity (Wildman–Crippen MR) is 91.5 cm³/mol. The van der Waals surface area contributed by atoms with Gasteiger partial charge in [-0.05, 0) is 37.5 Å². The SMILES string of the molecule is CCc1nn2c(=O)cc(COC(=O)c3cccc(C)c3C)nc2s1. The average molecular weight is 343 g/mol. The smallest absolute Gasteiger partial charge is 0.338 e. The lowest BCUT2D eigenvalue weighted by molar-refractivity contribution is 0.0467. The van der Waals surface area contributed by atoms with Crippen LogP contribution in [0.3, 0.4) is 0 Å². The first-order valence-corrected chi connectivity index (χ1v) is 8.43. The zero-order valence-electron chi connectivity index (χ0n) is 13.7. The van der Waals surface area contributed by atoms with E-state index >= 15 is 0 Å². The maximum Gasteiger partial charge on any atom is 0.338 e. The number of carbonyl (C=O) groups is 1. The molecule has 0 aliphatic rings. The lowest BCUT2D eigenvalue weighted by Crippen LogP contribution is -2.17. The highest BCUT2D eigenvalue weighted by molar-refractivity contribution is 7.16. The summed E-state index contributed by atoms with van der Waals surface area (Å²) >= 11 is 1.36. The summed E-state index contributed by atoms with van der Waals surface area (Å²) < 4.78 is 6.60. The van der Waals surface area contributed by atoms with Crippen molar-refractivity contribution in [2.75, 3.05) is 0 Å². The van der Waals surface area contributed by atoms with Gasteiger partial charge in [0.2, 0.25) is 4.96 Å². The molecule has 0 unspecified atom stereocenters. The van der Waals surface area contributed by atoms with Crippen LogP contribution in [0, 0.1) is 13.8 Å². The van der Waals surface area contributed by atoms with Crippen molar-refractivity contribution in [1.82, 2.24) is 14.6 Å². The standard InChI is InChI=1S/C17H17N3O3S/c1-4-14-19-20-15(21)8-12(18-17(20)24-14)9-23-16(22)13-7-5-6-10(2)11(13)3/h5-8H,4,9H2,1-3H3. The molecule has 0 amide bonds. The quantitative estimate of drug-likeness (QED) is 0.681. The molecular formula is C17H17N3O3S. The molecule has 0 aliphatic heterocycles. The monoisotopic (exact) mass is 343 g/mol. The molecule has 0 N–H and O–H groups in total. The first kappa shape index (κ1) is 16.3. The van der Waals surface area contributed by atoms with Crippen LogP contribution in [0.4, 0.5) is 0 Å². The van der Waals surface area contributed by atoms with Crippen molar-refractivity contribution in [2.45, 2.75) is 33.8 Å². The van der Waals surface area contributed by atoms with Gasteiger partial charge in [-0.1, -0.05) is 30.4 Å². The van der Waals surface area contributed by atoms with Gasteiger partial charge in [0.25, 0.3) is 5.56 Å². The van der Waals surface area contributed by atoms with Gasteiger partial charge in [0.15, 0.2) is 0 Å². The molecule has 7 heteroatoms. The van der Waals surface area contributed by atoms with Gasteiger partial charge in [0, 0.05) is 6.07 Å². The summed E-state index contributed by atoms with van der Waals surface area (Å²) in [7, 11) is 0. The molecule has 0 saturated heterocycles. The van der Waals surface area contributed by atoms with Crippen molar-refractivity contribution in [1.29, 1.82) is 0 Å². The molecule has 3 aromatic rings. The van der Waals surface area contributed by atoms with Crippen molar-refractivity contribution in [3.63, 3.8) is 0 Å². The van der Waals surface area contributed by atoms with Gasteiger partial charge in [-0.3, -0.25) is 4.79 Å². The van der Waals surface area contributed by atoms with Crippen molar-refractivity contribution in [3.8, 4) is 0 Å². The fourth-order valence-electron chi connectivity index (χ4n) is 2.30. The Morgan fingerprint density at radius 2 is 2.12 bits per heavy atom. The van der Waals surface area contributed by atoms with Gasteiger partial charge in [0.05, 0.1) is 11.3 Å². The Labute approximate surface area is 142 Å². The number of benzene rings is 1. The van der Waals surface area contributed by atoms with E-state index < -0.39 is 5.97 Å². The molecule has 1 aromatic carbocycles. The summed E-state index contributed by atoms with van der Waals surface area (Å²) in [4.78, 5) is 29.2. The fraction of sp³-hybridized carbons (Fsp3) is 0.294. The Bertz CT molecular complexity index is 975. The second-order valence-corrected chi connectivity index (χ2v) is 6.49. The minimum absolute atomic E-state index is 0.0443. The summed E-state index contributed by atoms with van der Waals surface area (Å²) in [5.41, 5.74) is 2.59. The number of aryl methyl sites for hydroxylation is 2. The maximum absolute atomic E-state index is 12.2. The molecule has 0 aliphatic carbocycles. The normalized spacial score (nSPS) is 11.0. The van der Waals surface area contributed by atoms with Crippen LogP contribution in [0.1, 0.15) is 39.1 Å². The lowest BCUT2D eigenvalue weighted by Gasteiger charge is -2.08. The molecule has 24 heavy (non-hydrogen) atoms. The number of carbonyl (C=O) groups excluding carboxylic acids is 1. The maximum atomic E-state index is 12.2. The molecule has 0 fully saturated rings. The van der Waals surface area contributed by atoms with E-state index in [9.17, 15) is 9.59 Å². The van der Waals surface area contributed by atoms with E-state index in [-0.39, 0.29) is 12.2 Å². The van der Waals surface area contributed by atoms with Gasteiger partial charge in [-0.15, -0.1) is 0 Å². The third-order valence-corrected chi connectivity index (χ3v) is 4.87.